The Bertz CT molecular complexity index is 800. The fourth-order valence-corrected chi connectivity index (χ4v) is 2.71. The molecule has 6 nitrogen and oxygen atoms in total. The lowest BCUT2D eigenvalue weighted by molar-refractivity contribution is 0.0963. The van der Waals surface area contributed by atoms with Crippen LogP contribution in [0.15, 0.2) is 53.5 Å². The molecule has 0 fully saturated rings. The van der Waals surface area contributed by atoms with Crippen LogP contribution in [0.25, 0.3) is 0 Å². The van der Waals surface area contributed by atoms with Crippen LogP contribution in [0, 0.1) is 5.82 Å². The number of aliphatic imine (C=N–C) groups is 1. The van der Waals surface area contributed by atoms with E-state index in [0.717, 1.165) is 37.3 Å². The third kappa shape index (κ3) is 9.43. The van der Waals surface area contributed by atoms with E-state index >= 15 is 0 Å². The third-order valence-electron chi connectivity index (χ3n) is 4.29. The Labute approximate surface area is 194 Å². The van der Waals surface area contributed by atoms with E-state index in [-0.39, 0.29) is 35.7 Å². The topological polar surface area (TPSA) is 74.8 Å². The highest BCUT2D eigenvalue weighted by atomic mass is 127. The van der Waals surface area contributed by atoms with Crippen LogP contribution in [0.1, 0.15) is 28.8 Å². The van der Waals surface area contributed by atoms with Crippen LogP contribution in [-0.4, -0.2) is 45.7 Å². The molecule has 0 spiro atoms. The molecule has 0 saturated carbocycles. The summed E-state index contributed by atoms with van der Waals surface area (Å²) >= 11 is 0. The second-order valence-corrected chi connectivity index (χ2v) is 6.46. The molecule has 0 heterocycles. The summed E-state index contributed by atoms with van der Waals surface area (Å²) in [5.74, 6) is 1.07. The van der Waals surface area contributed by atoms with Crippen LogP contribution in [0.5, 0.6) is 5.75 Å². The maximum absolute atomic E-state index is 12.8. The van der Waals surface area contributed by atoms with E-state index in [4.69, 9.17) is 4.74 Å². The number of halogens is 2. The van der Waals surface area contributed by atoms with Gasteiger partial charge in [0, 0.05) is 32.7 Å². The second-order valence-electron chi connectivity index (χ2n) is 6.46. The lowest BCUT2D eigenvalue weighted by Gasteiger charge is -2.12. The van der Waals surface area contributed by atoms with Gasteiger partial charge in [0.2, 0.25) is 0 Å². The molecule has 0 aliphatic heterocycles. The van der Waals surface area contributed by atoms with Gasteiger partial charge < -0.3 is 20.7 Å². The number of carbonyl (C=O) groups is 1. The van der Waals surface area contributed by atoms with Crippen LogP contribution in [0.2, 0.25) is 0 Å². The van der Waals surface area contributed by atoms with Gasteiger partial charge in [-0.05, 0) is 61.2 Å². The van der Waals surface area contributed by atoms with E-state index in [9.17, 15) is 9.18 Å². The lowest BCUT2D eigenvalue weighted by Crippen LogP contribution is -2.38. The van der Waals surface area contributed by atoms with Gasteiger partial charge in [0.15, 0.2) is 5.96 Å². The highest BCUT2D eigenvalue weighted by Crippen LogP contribution is 2.11. The quantitative estimate of drug-likeness (QED) is 0.192. The maximum Gasteiger partial charge on any atom is 0.251 e. The van der Waals surface area contributed by atoms with E-state index in [1.54, 1.807) is 32.3 Å². The average molecular weight is 528 g/mol. The molecular formula is C22H30FIN4O2. The summed E-state index contributed by atoms with van der Waals surface area (Å²) in [6.07, 6.45) is 2.60. The summed E-state index contributed by atoms with van der Waals surface area (Å²) in [5, 5.41) is 9.18. The van der Waals surface area contributed by atoms with Gasteiger partial charge in [-0.1, -0.05) is 12.1 Å². The van der Waals surface area contributed by atoms with Gasteiger partial charge >= 0.3 is 0 Å². The van der Waals surface area contributed by atoms with Gasteiger partial charge in [-0.3, -0.25) is 9.79 Å². The van der Waals surface area contributed by atoms with E-state index in [1.165, 1.54) is 12.1 Å². The molecule has 0 radical (unpaired) electrons. The molecule has 0 bridgehead atoms. The van der Waals surface area contributed by atoms with Gasteiger partial charge in [-0.2, -0.15) is 0 Å². The normalized spacial score (nSPS) is 10.7. The standard InChI is InChI=1S/C22H29FN4O2.HI/c1-24-21(28)18-7-5-6-17(16-18)12-14-27-22(25-2)26-13-3-4-15-29-20-10-8-19(23)9-11-20;/h5-11,16H,3-4,12-15H2,1-2H3,(H,24,28)(H2,25,26,27);1H. The molecule has 164 valence electrons. The number of carbonyl (C=O) groups excluding carboxylic acids is 1. The lowest BCUT2D eigenvalue weighted by atomic mass is 10.1. The zero-order valence-corrected chi connectivity index (χ0v) is 19.7. The first-order valence-electron chi connectivity index (χ1n) is 9.76. The predicted octanol–water partition coefficient (Wildman–Crippen LogP) is 3.37. The monoisotopic (exact) mass is 528 g/mol. The molecule has 0 atom stereocenters. The minimum absolute atomic E-state index is 0. The van der Waals surface area contributed by atoms with Gasteiger partial charge in [-0.25, -0.2) is 4.39 Å². The van der Waals surface area contributed by atoms with Crippen LogP contribution >= 0.6 is 24.0 Å². The van der Waals surface area contributed by atoms with E-state index in [0.29, 0.717) is 24.5 Å². The Morgan fingerprint density at radius 1 is 1.07 bits per heavy atom. The third-order valence-corrected chi connectivity index (χ3v) is 4.29. The number of nitrogens with one attached hydrogen (secondary N) is 3. The number of guanidine groups is 1. The molecule has 0 aliphatic carbocycles. The van der Waals surface area contributed by atoms with E-state index in [2.05, 4.69) is 20.9 Å². The number of nitrogens with zero attached hydrogens (tertiary/aromatic N) is 1. The van der Waals surface area contributed by atoms with Crippen molar-refractivity contribution in [3.05, 3.63) is 65.5 Å². The number of hydrogen-bond acceptors (Lipinski definition) is 3. The number of rotatable bonds is 10. The van der Waals surface area contributed by atoms with Crippen LogP contribution in [0.4, 0.5) is 4.39 Å². The van der Waals surface area contributed by atoms with Crippen LogP contribution < -0.4 is 20.7 Å². The summed E-state index contributed by atoms with van der Waals surface area (Å²) in [6.45, 7) is 2.07. The molecule has 2 aromatic rings. The Kier molecular flexibility index (Phi) is 12.5. The van der Waals surface area contributed by atoms with Crippen molar-refractivity contribution in [1.29, 1.82) is 0 Å². The van der Waals surface area contributed by atoms with Crippen molar-refractivity contribution < 1.29 is 13.9 Å². The maximum atomic E-state index is 12.8. The molecule has 0 saturated heterocycles. The molecule has 1 amide bonds. The Balaban J connectivity index is 0.00000450. The molecule has 0 aromatic heterocycles. The number of amides is 1. The summed E-state index contributed by atoms with van der Waals surface area (Å²) < 4.78 is 18.4. The van der Waals surface area contributed by atoms with Gasteiger partial charge in [0.1, 0.15) is 11.6 Å². The number of unbranched alkanes of at least 4 members (excludes halogenated alkanes) is 1. The van der Waals surface area contributed by atoms with Crippen molar-refractivity contribution in [3.8, 4) is 5.75 Å². The van der Waals surface area contributed by atoms with Crippen molar-refractivity contribution in [3.63, 3.8) is 0 Å². The number of ether oxygens (including phenoxy) is 1. The van der Waals surface area contributed by atoms with Crippen LogP contribution in [-0.2, 0) is 6.42 Å². The minimum Gasteiger partial charge on any atom is -0.494 e. The average Bonchev–Trinajstić information content (AvgIpc) is 2.75. The molecule has 30 heavy (non-hydrogen) atoms. The molecule has 2 aromatic carbocycles. The summed E-state index contributed by atoms with van der Waals surface area (Å²) in [4.78, 5) is 15.9. The Morgan fingerprint density at radius 2 is 1.80 bits per heavy atom. The zero-order chi connectivity index (χ0) is 20.9. The fourth-order valence-electron chi connectivity index (χ4n) is 2.71. The zero-order valence-electron chi connectivity index (χ0n) is 17.4. The van der Waals surface area contributed by atoms with Crippen molar-refractivity contribution in [1.82, 2.24) is 16.0 Å². The first-order valence-corrected chi connectivity index (χ1v) is 9.76. The number of benzene rings is 2. The second kappa shape index (κ2) is 14.6. The molecule has 2 rings (SSSR count). The molecule has 8 heteroatoms. The van der Waals surface area contributed by atoms with Crippen molar-refractivity contribution in [2.24, 2.45) is 4.99 Å². The molecule has 0 aliphatic rings. The molecular weight excluding hydrogens is 498 g/mol. The van der Waals surface area contributed by atoms with Crippen molar-refractivity contribution in [2.45, 2.75) is 19.3 Å². The highest BCUT2D eigenvalue weighted by molar-refractivity contribution is 14.0. The SMILES string of the molecule is CN=C(NCCCCOc1ccc(F)cc1)NCCc1cccc(C(=O)NC)c1.I. The first kappa shape index (κ1) is 25.7. The largest absolute Gasteiger partial charge is 0.494 e. The minimum atomic E-state index is -0.264. The Morgan fingerprint density at radius 3 is 2.50 bits per heavy atom. The molecule has 3 N–H and O–H groups in total. The van der Waals surface area contributed by atoms with Crippen molar-refractivity contribution >= 4 is 35.8 Å². The summed E-state index contributed by atoms with van der Waals surface area (Å²) in [7, 11) is 3.36. The van der Waals surface area contributed by atoms with E-state index < -0.39 is 0 Å². The predicted molar refractivity (Wildman–Crippen MR) is 129 cm³/mol. The Hall–Kier alpha value is -2.36. The van der Waals surface area contributed by atoms with Gasteiger partial charge in [-0.15, -0.1) is 24.0 Å². The molecule has 0 unspecified atom stereocenters. The first-order chi connectivity index (χ1) is 14.1. The summed E-state index contributed by atoms with van der Waals surface area (Å²) in [5.41, 5.74) is 1.75. The summed E-state index contributed by atoms with van der Waals surface area (Å²) in [6, 6.07) is 13.6. The smallest absolute Gasteiger partial charge is 0.251 e. The highest BCUT2D eigenvalue weighted by Gasteiger charge is 2.04. The van der Waals surface area contributed by atoms with Crippen molar-refractivity contribution in [2.75, 3.05) is 33.8 Å². The van der Waals surface area contributed by atoms with Gasteiger partial charge in [0.25, 0.3) is 5.91 Å². The fraction of sp³-hybridized carbons (Fsp3) is 0.364. The van der Waals surface area contributed by atoms with Gasteiger partial charge in [0.05, 0.1) is 6.61 Å². The van der Waals surface area contributed by atoms with E-state index in [1.807, 2.05) is 18.2 Å². The number of hydrogen-bond donors (Lipinski definition) is 3. The van der Waals surface area contributed by atoms with Crippen LogP contribution in [0.3, 0.4) is 0 Å².